The number of anilines is 2. The van der Waals surface area contributed by atoms with Crippen molar-refractivity contribution in [1.29, 1.82) is 0 Å². The third kappa shape index (κ3) is 3.64. The average molecular weight is 255 g/mol. The van der Waals surface area contributed by atoms with Crippen LogP contribution >= 0.6 is 0 Å². The van der Waals surface area contributed by atoms with Crippen LogP contribution in [0.25, 0.3) is 0 Å². The lowest BCUT2D eigenvalue weighted by Crippen LogP contribution is -2.13. The summed E-state index contributed by atoms with van der Waals surface area (Å²) in [7, 11) is 0. The Morgan fingerprint density at radius 1 is 1.05 bits per heavy atom. The molecule has 0 unspecified atom stereocenters. The maximum Gasteiger partial charge on any atom is 0.256 e. The lowest BCUT2D eigenvalue weighted by molar-refractivity contribution is -0.114. The predicted molar refractivity (Wildman–Crippen MR) is 72.9 cm³/mol. The van der Waals surface area contributed by atoms with Gasteiger partial charge in [-0.25, -0.2) is 4.98 Å². The number of rotatable bonds is 3. The molecule has 2 aromatic rings. The maximum atomic E-state index is 12.0. The van der Waals surface area contributed by atoms with E-state index in [9.17, 15) is 9.59 Å². The Kier molecular flexibility index (Phi) is 3.87. The van der Waals surface area contributed by atoms with E-state index in [1.807, 2.05) is 0 Å². The van der Waals surface area contributed by atoms with E-state index in [-0.39, 0.29) is 11.8 Å². The number of hydrogen-bond acceptors (Lipinski definition) is 3. The van der Waals surface area contributed by atoms with Crippen molar-refractivity contribution in [3.05, 3.63) is 54.2 Å². The number of pyridine rings is 1. The highest BCUT2D eigenvalue weighted by molar-refractivity contribution is 6.04. The monoisotopic (exact) mass is 255 g/mol. The quantitative estimate of drug-likeness (QED) is 0.884. The lowest BCUT2D eigenvalue weighted by atomic mass is 10.2. The summed E-state index contributed by atoms with van der Waals surface area (Å²) in [4.78, 5) is 27.0. The molecule has 0 fully saturated rings. The molecule has 0 aliphatic carbocycles. The SMILES string of the molecule is CC(=O)Nc1cccc(C(=O)Nc2ccccn2)c1. The summed E-state index contributed by atoms with van der Waals surface area (Å²) in [5.74, 6) is 0.0330. The molecule has 5 heteroatoms. The molecular weight excluding hydrogens is 242 g/mol. The van der Waals surface area contributed by atoms with Gasteiger partial charge in [-0.1, -0.05) is 12.1 Å². The van der Waals surface area contributed by atoms with Gasteiger partial charge in [0.15, 0.2) is 0 Å². The van der Waals surface area contributed by atoms with Crippen LogP contribution in [-0.2, 0) is 4.79 Å². The zero-order valence-electron chi connectivity index (χ0n) is 10.4. The molecule has 1 heterocycles. The van der Waals surface area contributed by atoms with Crippen LogP contribution in [0.15, 0.2) is 48.7 Å². The van der Waals surface area contributed by atoms with Crippen LogP contribution in [0.1, 0.15) is 17.3 Å². The summed E-state index contributed by atoms with van der Waals surface area (Å²) in [5.41, 5.74) is 1.04. The van der Waals surface area contributed by atoms with Gasteiger partial charge < -0.3 is 10.6 Å². The molecule has 2 rings (SSSR count). The minimum Gasteiger partial charge on any atom is -0.326 e. The molecular formula is C14H13N3O2. The fraction of sp³-hybridized carbons (Fsp3) is 0.0714. The highest BCUT2D eigenvalue weighted by Crippen LogP contribution is 2.12. The van der Waals surface area contributed by atoms with Crippen molar-refractivity contribution in [3.8, 4) is 0 Å². The third-order valence-corrected chi connectivity index (χ3v) is 2.35. The number of aromatic nitrogens is 1. The number of hydrogen-bond donors (Lipinski definition) is 2. The molecule has 5 nitrogen and oxygen atoms in total. The average Bonchev–Trinajstić information content (AvgIpc) is 2.39. The van der Waals surface area contributed by atoms with Gasteiger partial charge in [0, 0.05) is 24.4 Å². The van der Waals surface area contributed by atoms with Crippen LogP contribution in [0.4, 0.5) is 11.5 Å². The van der Waals surface area contributed by atoms with Gasteiger partial charge in [0.2, 0.25) is 5.91 Å². The zero-order valence-corrected chi connectivity index (χ0v) is 10.4. The summed E-state index contributed by atoms with van der Waals surface area (Å²) in [6.07, 6.45) is 1.60. The molecule has 0 spiro atoms. The topological polar surface area (TPSA) is 71.1 Å². The third-order valence-electron chi connectivity index (χ3n) is 2.35. The van der Waals surface area contributed by atoms with E-state index in [0.29, 0.717) is 17.1 Å². The van der Waals surface area contributed by atoms with Crippen molar-refractivity contribution in [2.75, 3.05) is 10.6 Å². The summed E-state index contributed by atoms with van der Waals surface area (Å²) in [6.45, 7) is 1.42. The first kappa shape index (κ1) is 12.8. The van der Waals surface area contributed by atoms with Crippen molar-refractivity contribution in [2.24, 2.45) is 0 Å². The predicted octanol–water partition coefficient (Wildman–Crippen LogP) is 2.29. The summed E-state index contributed by atoms with van der Waals surface area (Å²) < 4.78 is 0. The van der Waals surface area contributed by atoms with Crippen molar-refractivity contribution in [1.82, 2.24) is 4.98 Å². The second kappa shape index (κ2) is 5.77. The Hall–Kier alpha value is -2.69. The first-order chi connectivity index (χ1) is 9.15. The van der Waals surface area contributed by atoms with Gasteiger partial charge in [0.1, 0.15) is 5.82 Å². The van der Waals surface area contributed by atoms with Gasteiger partial charge in [0.25, 0.3) is 5.91 Å². The molecule has 0 radical (unpaired) electrons. The molecule has 0 saturated heterocycles. The van der Waals surface area contributed by atoms with Crippen LogP contribution in [-0.4, -0.2) is 16.8 Å². The fourth-order valence-electron chi connectivity index (χ4n) is 1.57. The molecule has 0 atom stereocenters. The minimum absolute atomic E-state index is 0.178. The normalized spacial score (nSPS) is 9.74. The van der Waals surface area contributed by atoms with E-state index in [4.69, 9.17) is 0 Å². The lowest BCUT2D eigenvalue weighted by Gasteiger charge is -2.06. The number of nitrogens with one attached hydrogen (secondary N) is 2. The molecule has 0 aliphatic heterocycles. The Labute approximate surface area is 110 Å². The van der Waals surface area contributed by atoms with Gasteiger partial charge in [-0.3, -0.25) is 9.59 Å². The van der Waals surface area contributed by atoms with Gasteiger partial charge in [-0.2, -0.15) is 0 Å². The summed E-state index contributed by atoms with van der Waals surface area (Å²) in [6, 6.07) is 12.0. The number of benzene rings is 1. The fourth-order valence-corrected chi connectivity index (χ4v) is 1.57. The van der Waals surface area contributed by atoms with Crippen LogP contribution in [0.5, 0.6) is 0 Å². The number of carbonyl (C=O) groups excluding carboxylic acids is 2. The van der Waals surface area contributed by atoms with E-state index in [1.165, 1.54) is 6.92 Å². The van der Waals surface area contributed by atoms with Crippen LogP contribution in [0.3, 0.4) is 0 Å². The molecule has 2 amide bonds. The highest BCUT2D eigenvalue weighted by Gasteiger charge is 2.07. The number of carbonyl (C=O) groups is 2. The second-order valence-electron chi connectivity index (χ2n) is 3.93. The molecule has 96 valence electrons. The summed E-state index contributed by atoms with van der Waals surface area (Å²) >= 11 is 0. The van der Waals surface area contributed by atoms with Crippen LogP contribution in [0, 0.1) is 0 Å². The van der Waals surface area contributed by atoms with Crippen molar-refractivity contribution >= 4 is 23.3 Å². The van der Waals surface area contributed by atoms with Crippen molar-refractivity contribution < 1.29 is 9.59 Å². The first-order valence-electron chi connectivity index (χ1n) is 5.75. The standard InChI is InChI=1S/C14H13N3O2/c1-10(18)16-12-6-4-5-11(9-12)14(19)17-13-7-2-3-8-15-13/h2-9H,1H3,(H,16,18)(H,15,17,19). The molecule has 1 aromatic carbocycles. The number of nitrogens with zero attached hydrogens (tertiary/aromatic N) is 1. The van der Waals surface area contributed by atoms with Crippen molar-refractivity contribution in [3.63, 3.8) is 0 Å². The van der Waals surface area contributed by atoms with Crippen LogP contribution in [0.2, 0.25) is 0 Å². The van der Waals surface area contributed by atoms with Crippen molar-refractivity contribution in [2.45, 2.75) is 6.92 Å². The Balaban J connectivity index is 2.13. The zero-order chi connectivity index (χ0) is 13.7. The van der Waals surface area contributed by atoms with E-state index in [0.717, 1.165) is 0 Å². The van der Waals surface area contributed by atoms with E-state index in [1.54, 1.807) is 48.7 Å². The Bertz CT molecular complexity index is 597. The summed E-state index contributed by atoms with van der Waals surface area (Å²) in [5, 5.41) is 5.31. The molecule has 0 bridgehead atoms. The largest absolute Gasteiger partial charge is 0.326 e. The number of amides is 2. The van der Waals surface area contributed by atoms with Gasteiger partial charge in [0.05, 0.1) is 0 Å². The Morgan fingerprint density at radius 3 is 2.58 bits per heavy atom. The van der Waals surface area contributed by atoms with Gasteiger partial charge in [-0.15, -0.1) is 0 Å². The van der Waals surface area contributed by atoms with E-state index >= 15 is 0 Å². The smallest absolute Gasteiger partial charge is 0.256 e. The first-order valence-corrected chi connectivity index (χ1v) is 5.75. The molecule has 0 aliphatic rings. The highest BCUT2D eigenvalue weighted by atomic mass is 16.2. The second-order valence-corrected chi connectivity index (χ2v) is 3.93. The Morgan fingerprint density at radius 2 is 1.89 bits per heavy atom. The van der Waals surface area contributed by atoms with Gasteiger partial charge >= 0.3 is 0 Å². The van der Waals surface area contributed by atoms with E-state index < -0.39 is 0 Å². The minimum atomic E-state index is -0.272. The molecule has 0 saturated carbocycles. The van der Waals surface area contributed by atoms with Crippen LogP contribution < -0.4 is 10.6 Å². The molecule has 2 N–H and O–H groups in total. The van der Waals surface area contributed by atoms with Gasteiger partial charge in [-0.05, 0) is 30.3 Å². The maximum absolute atomic E-state index is 12.0. The molecule has 1 aromatic heterocycles. The van der Waals surface area contributed by atoms with E-state index in [2.05, 4.69) is 15.6 Å². The molecule has 19 heavy (non-hydrogen) atoms.